The first-order valence-corrected chi connectivity index (χ1v) is 5.89. The van der Waals surface area contributed by atoms with Gasteiger partial charge in [0, 0.05) is 0 Å². The zero-order chi connectivity index (χ0) is 11.7. The van der Waals surface area contributed by atoms with Crippen molar-refractivity contribution < 1.29 is 27.1 Å². The van der Waals surface area contributed by atoms with Crippen molar-refractivity contribution in [1.29, 1.82) is 0 Å². The Morgan fingerprint density at radius 3 is 2.13 bits per heavy atom. The lowest BCUT2D eigenvalue weighted by Gasteiger charge is -2.24. The number of aliphatic carboxylic acids is 1. The van der Waals surface area contributed by atoms with Crippen molar-refractivity contribution in [1.82, 2.24) is 4.72 Å². The number of nitrogens with one attached hydrogen (secondary N) is 1. The number of hydrogen-bond donors (Lipinski definition) is 2. The number of rotatable bonds is 4. The van der Waals surface area contributed by atoms with Crippen LogP contribution in [-0.2, 0) is 14.8 Å². The Bertz CT molecular complexity index is 348. The van der Waals surface area contributed by atoms with Gasteiger partial charge in [0.1, 0.15) is 5.54 Å². The summed E-state index contributed by atoms with van der Waals surface area (Å²) in [7, 11) is -4.85. The molecule has 0 radical (unpaired) electrons. The number of alkyl halides is 2. The van der Waals surface area contributed by atoms with E-state index in [0.29, 0.717) is 12.8 Å². The van der Waals surface area contributed by atoms with E-state index in [1.165, 1.54) is 0 Å². The predicted octanol–water partition coefficient (Wildman–Crippen LogP) is 0.526. The van der Waals surface area contributed by atoms with E-state index in [2.05, 4.69) is 0 Å². The highest BCUT2D eigenvalue weighted by Crippen LogP contribution is 2.31. The van der Waals surface area contributed by atoms with Crippen LogP contribution in [-0.4, -0.2) is 30.8 Å². The Morgan fingerprint density at radius 1 is 1.33 bits per heavy atom. The minimum Gasteiger partial charge on any atom is -0.480 e. The number of carbonyl (C=O) groups is 1. The minimum absolute atomic E-state index is 0.0499. The van der Waals surface area contributed by atoms with Crippen molar-refractivity contribution in [3.8, 4) is 0 Å². The van der Waals surface area contributed by atoms with E-state index < -0.39 is 27.3 Å². The van der Waals surface area contributed by atoms with Crippen LogP contribution in [0.25, 0.3) is 0 Å². The van der Waals surface area contributed by atoms with Gasteiger partial charge in [-0.2, -0.15) is 13.5 Å². The van der Waals surface area contributed by atoms with Crippen molar-refractivity contribution >= 4 is 16.0 Å². The predicted molar refractivity (Wildman–Crippen MR) is 46.9 cm³/mol. The lowest BCUT2D eigenvalue weighted by atomic mass is 10.0. The minimum atomic E-state index is -4.85. The molecule has 2 N–H and O–H groups in total. The maximum atomic E-state index is 12.1. The molecule has 0 atom stereocenters. The fourth-order valence-corrected chi connectivity index (χ4v) is 2.58. The van der Waals surface area contributed by atoms with Crippen molar-refractivity contribution in [2.45, 2.75) is 37.0 Å². The van der Waals surface area contributed by atoms with Gasteiger partial charge in [0.05, 0.1) is 0 Å². The Balaban J connectivity index is 2.90. The standard InChI is InChI=1S/C7H11F2NO4S/c8-6(9)15(13,14)10-7(5(11)12)3-1-2-4-7/h6,10H,1-4H2,(H,11,12). The quantitative estimate of drug-likeness (QED) is 0.754. The van der Waals surface area contributed by atoms with E-state index in [1.54, 1.807) is 4.72 Å². The Kier molecular flexibility index (Phi) is 3.29. The smallest absolute Gasteiger partial charge is 0.350 e. The molecule has 0 spiro atoms. The summed E-state index contributed by atoms with van der Waals surface area (Å²) in [5, 5.41) is 8.84. The van der Waals surface area contributed by atoms with E-state index in [4.69, 9.17) is 5.11 Å². The maximum absolute atomic E-state index is 12.1. The van der Waals surface area contributed by atoms with Gasteiger partial charge in [0.15, 0.2) is 0 Å². The molecule has 5 nitrogen and oxygen atoms in total. The van der Waals surface area contributed by atoms with Crippen molar-refractivity contribution in [3.05, 3.63) is 0 Å². The van der Waals surface area contributed by atoms with E-state index in [-0.39, 0.29) is 12.8 Å². The molecule has 0 aliphatic heterocycles. The lowest BCUT2D eigenvalue weighted by Crippen LogP contribution is -2.53. The first-order chi connectivity index (χ1) is 6.80. The van der Waals surface area contributed by atoms with Gasteiger partial charge in [-0.1, -0.05) is 12.8 Å². The average Bonchev–Trinajstić information content (AvgIpc) is 2.53. The number of sulfonamides is 1. The highest BCUT2D eigenvalue weighted by molar-refractivity contribution is 7.89. The largest absolute Gasteiger partial charge is 0.480 e. The second-order valence-electron chi connectivity index (χ2n) is 3.50. The summed E-state index contributed by atoms with van der Waals surface area (Å²) in [5.41, 5.74) is -1.74. The van der Waals surface area contributed by atoms with Gasteiger partial charge in [0.25, 0.3) is 10.0 Å². The third-order valence-corrected chi connectivity index (χ3v) is 3.58. The molecular formula is C7H11F2NO4S. The average molecular weight is 243 g/mol. The van der Waals surface area contributed by atoms with Gasteiger partial charge in [-0.05, 0) is 12.8 Å². The molecule has 0 amide bonds. The molecule has 1 aliphatic carbocycles. The first kappa shape index (κ1) is 12.3. The molecule has 1 aliphatic rings. The van der Waals surface area contributed by atoms with Crippen LogP contribution in [0.4, 0.5) is 8.78 Å². The van der Waals surface area contributed by atoms with E-state index in [9.17, 15) is 22.0 Å². The monoisotopic (exact) mass is 243 g/mol. The number of halogens is 2. The summed E-state index contributed by atoms with van der Waals surface area (Å²) in [5.74, 6) is -5.00. The van der Waals surface area contributed by atoms with E-state index in [1.807, 2.05) is 0 Å². The van der Waals surface area contributed by atoms with Crippen LogP contribution in [0.3, 0.4) is 0 Å². The summed E-state index contributed by atoms with van der Waals surface area (Å²) in [6, 6.07) is 0. The van der Waals surface area contributed by atoms with Crippen molar-refractivity contribution in [2.24, 2.45) is 0 Å². The molecule has 0 aromatic rings. The van der Waals surface area contributed by atoms with Gasteiger partial charge in [-0.15, -0.1) is 0 Å². The lowest BCUT2D eigenvalue weighted by molar-refractivity contribution is -0.143. The summed E-state index contributed by atoms with van der Waals surface area (Å²) < 4.78 is 47.4. The van der Waals surface area contributed by atoms with Crippen LogP contribution in [0, 0.1) is 0 Å². The van der Waals surface area contributed by atoms with Gasteiger partial charge < -0.3 is 5.11 Å². The molecule has 0 unspecified atom stereocenters. The molecule has 0 bridgehead atoms. The van der Waals surface area contributed by atoms with Crippen molar-refractivity contribution in [2.75, 3.05) is 0 Å². The molecule has 0 heterocycles. The second kappa shape index (κ2) is 4.01. The number of carboxylic acids is 1. The van der Waals surface area contributed by atoms with Gasteiger partial charge in [-0.3, -0.25) is 4.79 Å². The van der Waals surface area contributed by atoms with Gasteiger partial charge in [0.2, 0.25) is 0 Å². The molecule has 0 aromatic carbocycles. The zero-order valence-electron chi connectivity index (χ0n) is 7.74. The normalized spacial score (nSPS) is 20.7. The molecule has 0 aromatic heterocycles. The van der Waals surface area contributed by atoms with Crippen LogP contribution in [0.5, 0.6) is 0 Å². The summed E-state index contributed by atoms with van der Waals surface area (Å²) in [6.07, 6.45) is 1.12. The first-order valence-electron chi connectivity index (χ1n) is 4.34. The molecule has 0 saturated heterocycles. The summed E-state index contributed by atoms with van der Waals surface area (Å²) in [6.45, 7) is 0. The van der Waals surface area contributed by atoms with Gasteiger partial charge in [-0.25, -0.2) is 8.42 Å². The summed E-state index contributed by atoms with van der Waals surface area (Å²) >= 11 is 0. The number of carboxylic acid groups (broad SMARTS) is 1. The highest BCUT2D eigenvalue weighted by atomic mass is 32.2. The molecule has 1 saturated carbocycles. The third-order valence-electron chi connectivity index (χ3n) is 2.44. The molecule has 1 fully saturated rings. The molecular weight excluding hydrogens is 232 g/mol. The third kappa shape index (κ3) is 2.43. The van der Waals surface area contributed by atoms with Crippen LogP contribution in [0.2, 0.25) is 0 Å². The summed E-state index contributed by atoms with van der Waals surface area (Å²) in [4.78, 5) is 10.9. The van der Waals surface area contributed by atoms with Crippen molar-refractivity contribution in [3.63, 3.8) is 0 Å². The highest BCUT2D eigenvalue weighted by Gasteiger charge is 2.46. The number of hydrogen-bond acceptors (Lipinski definition) is 3. The Morgan fingerprint density at radius 2 is 1.80 bits per heavy atom. The van der Waals surface area contributed by atoms with E-state index >= 15 is 0 Å². The molecule has 8 heteroatoms. The second-order valence-corrected chi connectivity index (χ2v) is 5.15. The van der Waals surface area contributed by atoms with Crippen LogP contribution >= 0.6 is 0 Å². The topological polar surface area (TPSA) is 83.5 Å². The Labute approximate surface area is 85.5 Å². The van der Waals surface area contributed by atoms with Crippen LogP contribution in [0.1, 0.15) is 25.7 Å². The Hall–Kier alpha value is -0.760. The van der Waals surface area contributed by atoms with Crippen LogP contribution in [0.15, 0.2) is 0 Å². The fraction of sp³-hybridized carbons (Fsp3) is 0.857. The van der Waals surface area contributed by atoms with Crippen LogP contribution < -0.4 is 4.72 Å². The fourth-order valence-electron chi connectivity index (χ4n) is 1.65. The molecule has 88 valence electrons. The molecule has 1 rings (SSSR count). The maximum Gasteiger partial charge on any atom is 0.350 e. The molecule has 15 heavy (non-hydrogen) atoms. The zero-order valence-corrected chi connectivity index (χ0v) is 8.56. The van der Waals surface area contributed by atoms with E-state index in [0.717, 1.165) is 0 Å². The SMILES string of the molecule is O=C(O)C1(NS(=O)(=O)C(F)F)CCCC1. The van der Waals surface area contributed by atoms with Gasteiger partial charge >= 0.3 is 11.7 Å².